The standard InChI is InChI=1S/C20H20FN3O2/c1-3-26-20(25)19-18(14-11-22-9-8-17(14)24(19)2)23-16-7-6-13(10-15(16)21)12-4-5-12/h6-12,23H,3-5H2,1-2H3. The number of hydrogen-bond donors (Lipinski definition) is 1. The first-order valence-corrected chi connectivity index (χ1v) is 8.76. The minimum atomic E-state index is -0.455. The molecule has 0 saturated heterocycles. The quantitative estimate of drug-likeness (QED) is 0.686. The third-order valence-electron chi connectivity index (χ3n) is 4.77. The maximum atomic E-state index is 14.6. The number of nitrogens with zero attached hydrogens (tertiary/aromatic N) is 2. The van der Waals surface area contributed by atoms with Gasteiger partial charge >= 0.3 is 5.97 Å². The van der Waals surface area contributed by atoms with Crippen LogP contribution in [0, 0.1) is 5.82 Å². The van der Waals surface area contributed by atoms with Crippen molar-refractivity contribution in [3.05, 3.63) is 53.7 Å². The molecule has 0 atom stereocenters. The van der Waals surface area contributed by atoms with E-state index < -0.39 is 5.97 Å². The van der Waals surface area contributed by atoms with Gasteiger partial charge in [-0.3, -0.25) is 4.98 Å². The Balaban J connectivity index is 1.80. The van der Waals surface area contributed by atoms with Gasteiger partial charge in [0, 0.05) is 24.8 Å². The van der Waals surface area contributed by atoms with Gasteiger partial charge < -0.3 is 14.6 Å². The molecule has 0 unspecified atom stereocenters. The predicted octanol–water partition coefficient (Wildman–Crippen LogP) is 4.51. The highest BCUT2D eigenvalue weighted by atomic mass is 19.1. The van der Waals surface area contributed by atoms with Gasteiger partial charge in [-0.1, -0.05) is 6.07 Å². The number of anilines is 2. The summed E-state index contributed by atoms with van der Waals surface area (Å²) in [6.45, 7) is 2.02. The van der Waals surface area contributed by atoms with Crippen LogP contribution in [0.25, 0.3) is 10.9 Å². The summed E-state index contributed by atoms with van der Waals surface area (Å²) in [5, 5.41) is 3.83. The molecule has 6 heteroatoms. The lowest BCUT2D eigenvalue weighted by atomic mass is 10.1. The van der Waals surface area contributed by atoms with Gasteiger partial charge in [0.2, 0.25) is 0 Å². The number of carbonyl (C=O) groups is 1. The zero-order chi connectivity index (χ0) is 18.3. The molecule has 3 aromatic rings. The number of hydrogen-bond acceptors (Lipinski definition) is 4. The second kappa shape index (κ2) is 6.44. The first-order chi connectivity index (χ1) is 12.6. The minimum absolute atomic E-state index is 0.266. The van der Waals surface area contributed by atoms with Gasteiger partial charge in [0.25, 0.3) is 0 Å². The van der Waals surface area contributed by atoms with Gasteiger partial charge in [0.05, 0.1) is 23.5 Å². The number of carbonyl (C=O) groups excluding carboxylic acids is 1. The number of rotatable bonds is 5. The second-order valence-electron chi connectivity index (χ2n) is 6.53. The van der Waals surface area contributed by atoms with Crippen LogP contribution in [0.4, 0.5) is 15.8 Å². The lowest BCUT2D eigenvalue weighted by molar-refractivity contribution is 0.0517. The number of benzene rings is 1. The van der Waals surface area contributed by atoms with Crippen LogP contribution in [0.2, 0.25) is 0 Å². The monoisotopic (exact) mass is 353 g/mol. The van der Waals surface area contributed by atoms with Crippen LogP contribution >= 0.6 is 0 Å². The maximum Gasteiger partial charge on any atom is 0.357 e. The fourth-order valence-electron chi connectivity index (χ4n) is 3.29. The number of nitrogens with one attached hydrogen (secondary N) is 1. The Hall–Kier alpha value is -2.89. The molecule has 1 aliphatic carbocycles. The molecule has 1 saturated carbocycles. The average Bonchev–Trinajstić information content (AvgIpc) is 3.44. The van der Waals surface area contributed by atoms with Crippen molar-refractivity contribution in [2.24, 2.45) is 7.05 Å². The van der Waals surface area contributed by atoms with Crippen molar-refractivity contribution in [3.63, 3.8) is 0 Å². The molecule has 0 amide bonds. The van der Waals surface area contributed by atoms with Crippen LogP contribution in [-0.2, 0) is 11.8 Å². The molecular formula is C20H20FN3O2. The molecule has 0 aliphatic heterocycles. The molecule has 134 valence electrons. The van der Waals surface area contributed by atoms with E-state index in [1.807, 2.05) is 12.1 Å². The molecule has 2 heterocycles. The van der Waals surface area contributed by atoms with E-state index in [-0.39, 0.29) is 12.4 Å². The molecule has 5 nitrogen and oxygen atoms in total. The Morgan fingerprint density at radius 3 is 2.88 bits per heavy atom. The summed E-state index contributed by atoms with van der Waals surface area (Å²) in [5.41, 5.74) is 3.03. The van der Waals surface area contributed by atoms with E-state index in [9.17, 15) is 9.18 Å². The van der Waals surface area contributed by atoms with Crippen LogP contribution in [-0.4, -0.2) is 22.1 Å². The Kier molecular flexibility index (Phi) is 4.11. The smallest absolute Gasteiger partial charge is 0.357 e. The molecule has 0 radical (unpaired) electrons. The fourth-order valence-corrected chi connectivity index (χ4v) is 3.29. The molecule has 0 spiro atoms. The van der Waals surface area contributed by atoms with Gasteiger partial charge in [0.1, 0.15) is 5.82 Å². The first-order valence-electron chi connectivity index (χ1n) is 8.76. The predicted molar refractivity (Wildman–Crippen MR) is 98.3 cm³/mol. The first kappa shape index (κ1) is 16.6. The number of halogens is 1. The highest BCUT2D eigenvalue weighted by Crippen LogP contribution is 2.41. The van der Waals surface area contributed by atoms with E-state index in [4.69, 9.17) is 4.74 Å². The summed E-state index contributed by atoms with van der Waals surface area (Å²) < 4.78 is 21.5. The fraction of sp³-hybridized carbons (Fsp3) is 0.300. The van der Waals surface area contributed by atoms with E-state index in [2.05, 4.69) is 10.3 Å². The minimum Gasteiger partial charge on any atom is -0.461 e. The van der Waals surface area contributed by atoms with Crippen molar-refractivity contribution >= 4 is 28.2 Å². The molecule has 4 rings (SSSR count). The molecule has 1 aromatic carbocycles. The van der Waals surface area contributed by atoms with Gasteiger partial charge in [-0.05, 0) is 49.4 Å². The molecule has 1 aliphatic rings. The van der Waals surface area contributed by atoms with Crippen molar-refractivity contribution in [3.8, 4) is 0 Å². The molecule has 0 bridgehead atoms. The van der Waals surface area contributed by atoms with E-state index in [1.165, 1.54) is 0 Å². The topological polar surface area (TPSA) is 56.1 Å². The summed E-state index contributed by atoms with van der Waals surface area (Å²) in [4.78, 5) is 16.6. The number of aryl methyl sites for hydroxylation is 1. The van der Waals surface area contributed by atoms with Crippen molar-refractivity contribution in [2.45, 2.75) is 25.7 Å². The molecule has 2 aromatic heterocycles. The van der Waals surface area contributed by atoms with Gasteiger partial charge in [0.15, 0.2) is 5.69 Å². The largest absolute Gasteiger partial charge is 0.461 e. The van der Waals surface area contributed by atoms with Crippen molar-refractivity contribution in [1.29, 1.82) is 0 Å². The van der Waals surface area contributed by atoms with Crippen molar-refractivity contribution < 1.29 is 13.9 Å². The van der Waals surface area contributed by atoms with Crippen LogP contribution in [0.3, 0.4) is 0 Å². The molecule has 1 N–H and O–H groups in total. The average molecular weight is 353 g/mol. The molecule has 1 fully saturated rings. The van der Waals surface area contributed by atoms with Gasteiger partial charge in [-0.15, -0.1) is 0 Å². The zero-order valence-electron chi connectivity index (χ0n) is 14.8. The number of fused-ring (bicyclic) bond motifs is 1. The number of esters is 1. The van der Waals surface area contributed by atoms with Crippen LogP contribution in [0.15, 0.2) is 36.7 Å². The summed E-state index contributed by atoms with van der Waals surface area (Å²) in [6.07, 6.45) is 5.56. The Morgan fingerprint density at radius 2 is 2.19 bits per heavy atom. The Labute approximate surface area is 150 Å². The third-order valence-corrected chi connectivity index (χ3v) is 4.77. The van der Waals surface area contributed by atoms with Crippen LogP contribution in [0.5, 0.6) is 0 Å². The van der Waals surface area contributed by atoms with Gasteiger partial charge in [-0.2, -0.15) is 0 Å². The lowest BCUT2D eigenvalue weighted by Crippen LogP contribution is -2.12. The zero-order valence-corrected chi connectivity index (χ0v) is 14.8. The molecular weight excluding hydrogens is 333 g/mol. The second-order valence-corrected chi connectivity index (χ2v) is 6.53. The van der Waals surface area contributed by atoms with Crippen molar-refractivity contribution in [2.75, 3.05) is 11.9 Å². The Bertz CT molecular complexity index is 992. The lowest BCUT2D eigenvalue weighted by Gasteiger charge is -2.11. The SMILES string of the molecule is CCOC(=O)c1c(Nc2ccc(C3CC3)cc2F)c2cnccc2n1C. The van der Waals surface area contributed by atoms with E-state index in [1.54, 1.807) is 43.1 Å². The number of pyridine rings is 1. The highest BCUT2D eigenvalue weighted by Gasteiger charge is 2.26. The summed E-state index contributed by atoms with van der Waals surface area (Å²) in [7, 11) is 1.78. The maximum absolute atomic E-state index is 14.6. The van der Waals surface area contributed by atoms with E-state index in [0.717, 1.165) is 29.3 Å². The van der Waals surface area contributed by atoms with Crippen LogP contribution in [0.1, 0.15) is 41.7 Å². The number of ether oxygens (including phenoxy) is 1. The number of aromatic nitrogens is 2. The summed E-state index contributed by atoms with van der Waals surface area (Å²) >= 11 is 0. The van der Waals surface area contributed by atoms with Crippen LogP contribution < -0.4 is 5.32 Å². The summed E-state index contributed by atoms with van der Waals surface area (Å²) in [5.74, 6) is -0.302. The van der Waals surface area contributed by atoms with Crippen molar-refractivity contribution in [1.82, 2.24) is 9.55 Å². The normalized spacial score (nSPS) is 13.8. The Morgan fingerprint density at radius 1 is 1.38 bits per heavy atom. The molecule has 26 heavy (non-hydrogen) atoms. The van der Waals surface area contributed by atoms with E-state index in [0.29, 0.717) is 23.0 Å². The van der Waals surface area contributed by atoms with Gasteiger partial charge in [-0.25, -0.2) is 9.18 Å². The highest BCUT2D eigenvalue weighted by molar-refractivity contribution is 6.07. The van der Waals surface area contributed by atoms with E-state index >= 15 is 0 Å². The summed E-state index contributed by atoms with van der Waals surface area (Å²) in [6, 6.07) is 7.06. The third kappa shape index (κ3) is 2.81.